The minimum Gasteiger partial charge on any atom is -0.488 e. The van der Waals surface area contributed by atoms with Gasteiger partial charge in [-0.15, -0.1) is 0 Å². The average molecular weight is 525 g/mol. The van der Waals surface area contributed by atoms with Crippen molar-refractivity contribution in [3.05, 3.63) is 135 Å². The number of anilines is 1. The molecule has 4 aromatic carbocycles. The number of para-hydroxylation sites is 1. The Morgan fingerprint density at radius 3 is 2.59 bits per heavy atom. The number of benzene rings is 4. The third kappa shape index (κ3) is 5.16. The van der Waals surface area contributed by atoms with Crippen molar-refractivity contribution < 1.29 is 4.74 Å². The number of halogens is 2. The van der Waals surface area contributed by atoms with Crippen LogP contribution in [0.3, 0.4) is 0 Å². The van der Waals surface area contributed by atoms with Crippen LogP contribution < -0.4 is 10.1 Å². The van der Waals surface area contributed by atoms with Gasteiger partial charge in [0.15, 0.2) is 0 Å². The summed E-state index contributed by atoms with van der Waals surface area (Å²) >= 11 is 12.4. The molecule has 3 nitrogen and oxygen atoms in total. The van der Waals surface area contributed by atoms with E-state index >= 15 is 0 Å². The van der Waals surface area contributed by atoms with Crippen molar-refractivity contribution in [1.29, 1.82) is 0 Å². The number of nitrogens with one attached hydrogen (secondary N) is 1. The number of aliphatic imine (C=N–C) groups is 1. The minimum atomic E-state index is 0.271. The van der Waals surface area contributed by atoms with Crippen molar-refractivity contribution in [3.63, 3.8) is 0 Å². The van der Waals surface area contributed by atoms with Gasteiger partial charge in [0.1, 0.15) is 12.4 Å². The van der Waals surface area contributed by atoms with E-state index in [9.17, 15) is 0 Å². The van der Waals surface area contributed by atoms with Crippen LogP contribution in [-0.4, -0.2) is 6.21 Å². The zero-order valence-electron chi connectivity index (χ0n) is 20.1. The van der Waals surface area contributed by atoms with Gasteiger partial charge >= 0.3 is 0 Å². The first kappa shape index (κ1) is 23.8. The zero-order chi connectivity index (χ0) is 25.2. The Morgan fingerprint density at radius 1 is 0.892 bits per heavy atom. The van der Waals surface area contributed by atoms with Crippen LogP contribution in [0, 0.1) is 5.92 Å². The lowest BCUT2D eigenvalue weighted by molar-refractivity contribution is 0.306. The van der Waals surface area contributed by atoms with Gasteiger partial charge in [-0.1, -0.05) is 77.8 Å². The molecule has 2 aliphatic rings. The van der Waals surface area contributed by atoms with Crippen molar-refractivity contribution in [2.75, 3.05) is 5.32 Å². The van der Waals surface area contributed by atoms with Crippen LogP contribution in [0.1, 0.15) is 40.6 Å². The summed E-state index contributed by atoms with van der Waals surface area (Å²) in [6, 6.07) is 30.6. The Kier molecular flexibility index (Phi) is 6.73. The highest BCUT2D eigenvalue weighted by molar-refractivity contribution is 6.31. The fourth-order valence-electron chi connectivity index (χ4n) is 5.32. The van der Waals surface area contributed by atoms with Crippen molar-refractivity contribution in [1.82, 2.24) is 0 Å². The maximum Gasteiger partial charge on any atom is 0.128 e. The molecule has 1 N–H and O–H groups in total. The first-order valence-electron chi connectivity index (χ1n) is 12.5. The first-order chi connectivity index (χ1) is 18.1. The fourth-order valence-corrected chi connectivity index (χ4v) is 5.72. The van der Waals surface area contributed by atoms with Gasteiger partial charge in [0.25, 0.3) is 0 Å². The van der Waals surface area contributed by atoms with E-state index < -0.39 is 0 Å². The van der Waals surface area contributed by atoms with Gasteiger partial charge in [0, 0.05) is 33.4 Å². The largest absolute Gasteiger partial charge is 0.488 e. The fraction of sp³-hybridized carbons (Fsp3) is 0.156. The van der Waals surface area contributed by atoms with Crippen molar-refractivity contribution in [3.8, 4) is 5.75 Å². The smallest absolute Gasteiger partial charge is 0.128 e. The summed E-state index contributed by atoms with van der Waals surface area (Å²) in [7, 11) is 0. The lowest BCUT2D eigenvalue weighted by atomic mass is 9.77. The molecule has 0 saturated heterocycles. The van der Waals surface area contributed by atoms with Gasteiger partial charge in [-0.3, -0.25) is 4.99 Å². The molecule has 184 valence electrons. The molecule has 0 amide bonds. The van der Waals surface area contributed by atoms with Crippen LogP contribution >= 0.6 is 23.2 Å². The number of rotatable bonds is 6. The number of hydrogen-bond donors (Lipinski definition) is 1. The van der Waals surface area contributed by atoms with Crippen LogP contribution in [0.2, 0.25) is 10.0 Å². The summed E-state index contributed by atoms with van der Waals surface area (Å²) in [5.41, 5.74) is 6.60. The van der Waals surface area contributed by atoms with E-state index in [0.717, 1.165) is 29.0 Å². The summed E-state index contributed by atoms with van der Waals surface area (Å²) in [5.74, 6) is 1.71. The molecule has 0 radical (unpaired) electrons. The molecule has 4 aromatic rings. The predicted molar refractivity (Wildman–Crippen MR) is 154 cm³/mol. The standard InChI is InChI=1S/C32H26Cl2N2O/c33-24-6-3-5-21(17-24)20-37-31-16-13-25(34)18-23(31)19-35-26-14-11-22(12-15-26)32-29-9-4-8-27(29)28-7-1-2-10-30(28)36-32/h1-8,10-19,27,29,32,36H,9,20H2/t27-,29-,32+/m1/s1. The van der Waals surface area contributed by atoms with Gasteiger partial charge in [-0.25, -0.2) is 0 Å². The molecule has 5 heteroatoms. The molecule has 0 spiro atoms. The minimum absolute atomic E-state index is 0.271. The van der Waals surface area contributed by atoms with Gasteiger partial charge in [0.2, 0.25) is 0 Å². The van der Waals surface area contributed by atoms with Gasteiger partial charge in [0.05, 0.1) is 11.7 Å². The SMILES string of the molecule is Clc1cccc(COc2ccc(Cl)cc2C=Nc2ccc([C@@H]3Nc4ccccc4[C@H]4C=CC[C@H]43)cc2)c1. The summed E-state index contributed by atoms with van der Waals surface area (Å²) in [6.45, 7) is 0.409. The van der Waals surface area contributed by atoms with E-state index in [0.29, 0.717) is 28.5 Å². The van der Waals surface area contributed by atoms with Gasteiger partial charge < -0.3 is 10.1 Å². The van der Waals surface area contributed by atoms with Gasteiger partial charge in [-0.2, -0.15) is 0 Å². The van der Waals surface area contributed by atoms with E-state index in [1.54, 1.807) is 6.21 Å². The van der Waals surface area contributed by atoms with E-state index in [4.69, 9.17) is 32.9 Å². The topological polar surface area (TPSA) is 33.6 Å². The second kappa shape index (κ2) is 10.5. The highest BCUT2D eigenvalue weighted by Gasteiger charge is 2.37. The molecular formula is C32H26Cl2N2O. The summed E-state index contributed by atoms with van der Waals surface area (Å²) in [6.07, 6.45) is 7.58. The number of ether oxygens (including phenoxy) is 1. The number of fused-ring (bicyclic) bond motifs is 3. The van der Waals surface area contributed by atoms with Crippen LogP contribution in [0.15, 0.2) is 108 Å². The Hall–Kier alpha value is -3.53. The monoisotopic (exact) mass is 524 g/mol. The average Bonchev–Trinajstić information content (AvgIpc) is 3.42. The van der Waals surface area contributed by atoms with Gasteiger partial charge in [-0.05, 0) is 77.6 Å². The second-order valence-electron chi connectivity index (χ2n) is 9.51. The third-order valence-electron chi connectivity index (χ3n) is 7.13. The van der Waals surface area contributed by atoms with Crippen LogP contribution in [0.25, 0.3) is 0 Å². The molecule has 0 unspecified atom stereocenters. The quantitative estimate of drug-likeness (QED) is 0.201. The number of allylic oxidation sites excluding steroid dienone is 2. The van der Waals surface area contributed by atoms with Crippen molar-refractivity contribution in [2.24, 2.45) is 10.9 Å². The van der Waals surface area contributed by atoms with Crippen molar-refractivity contribution in [2.45, 2.75) is 25.0 Å². The molecule has 37 heavy (non-hydrogen) atoms. The molecular weight excluding hydrogens is 499 g/mol. The maximum atomic E-state index is 6.28. The number of hydrogen-bond acceptors (Lipinski definition) is 3. The predicted octanol–water partition coefficient (Wildman–Crippen LogP) is 9.15. The second-order valence-corrected chi connectivity index (χ2v) is 10.4. The third-order valence-corrected chi connectivity index (χ3v) is 7.60. The molecule has 0 saturated carbocycles. The molecule has 1 heterocycles. The van der Waals surface area contributed by atoms with Crippen LogP contribution in [-0.2, 0) is 6.61 Å². The maximum absolute atomic E-state index is 6.28. The Balaban J connectivity index is 1.19. The van der Waals surface area contributed by atoms with E-state index in [-0.39, 0.29) is 6.04 Å². The Morgan fingerprint density at radius 2 is 1.73 bits per heavy atom. The van der Waals surface area contributed by atoms with Crippen LogP contribution in [0.4, 0.5) is 11.4 Å². The van der Waals surface area contributed by atoms with Crippen LogP contribution in [0.5, 0.6) is 5.75 Å². The Labute approximate surface area is 227 Å². The molecule has 3 atom stereocenters. The highest BCUT2D eigenvalue weighted by atomic mass is 35.5. The number of nitrogens with zero attached hydrogens (tertiary/aromatic N) is 1. The Bertz CT molecular complexity index is 1480. The normalized spacial score (nSPS) is 19.9. The summed E-state index contributed by atoms with van der Waals surface area (Å²) in [5, 5.41) is 5.11. The highest BCUT2D eigenvalue weighted by Crippen LogP contribution is 2.49. The molecule has 0 aromatic heterocycles. The lowest BCUT2D eigenvalue weighted by Gasteiger charge is -2.37. The molecule has 0 fully saturated rings. The van der Waals surface area contributed by atoms with E-state index in [1.165, 1.54) is 16.8 Å². The molecule has 1 aliphatic heterocycles. The first-order valence-corrected chi connectivity index (χ1v) is 13.2. The lowest BCUT2D eigenvalue weighted by Crippen LogP contribution is -2.28. The summed E-state index contributed by atoms with van der Waals surface area (Å²) < 4.78 is 6.07. The van der Waals surface area contributed by atoms with E-state index in [2.05, 4.69) is 66.0 Å². The zero-order valence-corrected chi connectivity index (χ0v) is 21.7. The van der Waals surface area contributed by atoms with Crippen molar-refractivity contribution >= 4 is 40.8 Å². The van der Waals surface area contributed by atoms with E-state index in [1.807, 2.05) is 42.5 Å². The molecule has 1 aliphatic carbocycles. The molecule has 6 rings (SSSR count). The summed E-state index contributed by atoms with van der Waals surface area (Å²) in [4.78, 5) is 4.72. The molecule has 0 bridgehead atoms.